The number of rotatable bonds is 7. The summed E-state index contributed by atoms with van der Waals surface area (Å²) in [4.78, 5) is 37.1. The monoisotopic (exact) mass is 384 g/mol. The van der Waals surface area contributed by atoms with E-state index in [9.17, 15) is 14.4 Å². The van der Waals surface area contributed by atoms with E-state index in [1.165, 1.54) is 10.6 Å². The van der Waals surface area contributed by atoms with E-state index in [1.807, 2.05) is 38.1 Å². The standard InChI is InChI=1S/C21H28N4O3/c1-13(2)24-18(26)12-25-15(4)20(14(3)11-19(25)27)21(28)23-10-9-16-5-7-17(22)8-6-16/h5-8,11,13H,9-10,12,22H2,1-4H3,(H,23,28)(H,24,26). The lowest BCUT2D eigenvalue weighted by Crippen LogP contribution is -2.38. The van der Waals surface area contributed by atoms with Crippen molar-refractivity contribution in [2.45, 2.75) is 46.7 Å². The van der Waals surface area contributed by atoms with E-state index in [0.717, 1.165) is 5.56 Å². The summed E-state index contributed by atoms with van der Waals surface area (Å²) < 4.78 is 1.33. The minimum Gasteiger partial charge on any atom is -0.399 e. The number of anilines is 1. The van der Waals surface area contributed by atoms with Gasteiger partial charge in [0.25, 0.3) is 11.5 Å². The summed E-state index contributed by atoms with van der Waals surface area (Å²) >= 11 is 0. The number of amides is 2. The summed E-state index contributed by atoms with van der Waals surface area (Å²) in [6, 6.07) is 8.86. The van der Waals surface area contributed by atoms with Gasteiger partial charge in [-0.2, -0.15) is 0 Å². The molecule has 1 heterocycles. The highest BCUT2D eigenvalue weighted by Crippen LogP contribution is 2.12. The molecular weight excluding hydrogens is 356 g/mol. The first-order valence-corrected chi connectivity index (χ1v) is 9.32. The van der Waals surface area contributed by atoms with E-state index in [2.05, 4.69) is 10.6 Å². The molecule has 150 valence electrons. The van der Waals surface area contributed by atoms with Crippen LogP contribution in [0.2, 0.25) is 0 Å². The predicted octanol–water partition coefficient (Wildman–Crippen LogP) is 1.54. The van der Waals surface area contributed by atoms with Crippen molar-refractivity contribution in [1.29, 1.82) is 0 Å². The van der Waals surface area contributed by atoms with Crippen molar-refractivity contribution in [2.24, 2.45) is 0 Å². The molecule has 0 aliphatic carbocycles. The van der Waals surface area contributed by atoms with Crippen LogP contribution in [0.15, 0.2) is 35.1 Å². The van der Waals surface area contributed by atoms with Crippen LogP contribution in [-0.4, -0.2) is 29.0 Å². The van der Waals surface area contributed by atoms with Crippen LogP contribution < -0.4 is 21.9 Å². The molecule has 7 heteroatoms. The van der Waals surface area contributed by atoms with Crippen LogP contribution in [0.3, 0.4) is 0 Å². The Morgan fingerprint density at radius 2 is 1.79 bits per heavy atom. The molecule has 0 bridgehead atoms. The van der Waals surface area contributed by atoms with Crippen LogP contribution in [0.4, 0.5) is 5.69 Å². The molecule has 2 aromatic rings. The van der Waals surface area contributed by atoms with Gasteiger partial charge in [-0.3, -0.25) is 14.4 Å². The topological polar surface area (TPSA) is 106 Å². The van der Waals surface area contributed by atoms with Gasteiger partial charge < -0.3 is 20.9 Å². The maximum absolute atomic E-state index is 12.7. The van der Waals surface area contributed by atoms with Crippen molar-refractivity contribution in [2.75, 3.05) is 12.3 Å². The maximum Gasteiger partial charge on any atom is 0.253 e. The minimum atomic E-state index is -0.299. The van der Waals surface area contributed by atoms with E-state index in [1.54, 1.807) is 13.8 Å². The number of nitrogens with one attached hydrogen (secondary N) is 2. The highest BCUT2D eigenvalue weighted by atomic mass is 16.2. The quantitative estimate of drug-likeness (QED) is 0.630. The van der Waals surface area contributed by atoms with Gasteiger partial charge in [-0.05, 0) is 57.4 Å². The van der Waals surface area contributed by atoms with Gasteiger partial charge in [0, 0.05) is 30.0 Å². The zero-order valence-electron chi connectivity index (χ0n) is 16.8. The van der Waals surface area contributed by atoms with Crippen molar-refractivity contribution in [1.82, 2.24) is 15.2 Å². The molecule has 0 aliphatic heterocycles. The van der Waals surface area contributed by atoms with Gasteiger partial charge in [0.1, 0.15) is 6.54 Å². The zero-order chi connectivity index (χ0) is 20.8. The van der Waals surface area contributed by atoms with Gasteiger partial charge in [-0.1, -0.05) is 12.1 Å². The Hall–Kier alpha value is -3.09. The molecule has 0 atom stereocenters. The predicted molar refractivity (Wildman–Crippen MR) is 110 cm³/mol. The molecule has 1 aromatic heterocycles. The second kappa shape index (κ2) is 9.21. The first-order valence-electron chi connectivity index (χ1n) is 9.32. The molecule has 0 radical (unpaired) electrons. The van der Waals surface area contributed by atoms with Crippen LogP contribution in [0.5, 0.6) is 0 Å². The molecule has 0 saturated carbocycles. The second-order valence-electron chi connectivity index (χ2n) is 7.18. The number of nitrogen functional groups attached to an aromatic ring is 1. The van der Waals surface area contributed by atoms with Crippen molar-refractivity contribution < 1.29 is 9.59 Å². The van der Waals surface area contributed by atoms with Gasteiger partial charge in [0.05, 0.1) is 5.56 Å². The fourth-order valence-corrected chi connectivity index (χ4v) is 3.07. The number of carbonyl (C=O) groups is 2. The van der Waals surface area contributed by atoms with E-state index < -0.39 is 0 Å². The van der Waals surface area contributed by atoms with Gasteiger partial charge in [0.15, 0.2) is 0 Å². The molecule has 0 aliphatic rings. The van der Waals surface area contributed by atoms with Gasteiger partial charge in [-0.15, -0.1) is 0 Å². The SMILES string of the molecule is Cc1cc(=O)n(CC(=O)NC(C)C)c(C)c1C(=O)NCCc1ccc(N)cc1. The number of hydrogen-bond donors (Lipinski definition) is 3. The van der Waals surface area contributed by atoms with Gasteiger partial charge in [0.2, 0.25) is 5.91 Å². The lowest BCUT2D eigenvalue weighted by molar-refractivity contribution is -0.122. The first kappa shape index (κ1) is 21.2. The normalized spacial score (nSPS) is 10.8. The Kier molecular flexibility index (Phi) is 6.98. The lowest BCUT2D eigenvalue weighted by Gasteiger charge is -2.17. The van der Waals surface area contributed by atoms with Crippen molar-refractivity contribution in [3.05, 3.63) is 63.1 Å². The largest absolute Gasteiger partial charge is 0.399 e. The zero-order valence-corrected chi connectivity index (χ0v) is 16.8. The van der Waals surface area contributed by atoms with Crippen LogP contribution in [-0.2, 0) is 17.8 Å². The Balaban J connectivity index is 2.13. The fourth-order valence-electron chi connectivity index (χ4n) is 3.07. The van der Waals surface area contributed by atoms with Crippen molar-refractivity contribution in [3.63, 3.8) is 0 Å². The molecule has 0 saturated heterocycles. The van der Waals surface area contributed by atoms with Gasteiger partial charge >= 0.3 is 0 Å². The van der Waals surface area contributed by atoms with E-state index in [0.29, 0.717) is 35.5 Å². The van der Waals surface area contributed by atoms with Crippen LogP contribution in [0.1, 0.15) is 41.0 Å². The number of aromatic nitrogens is 1. The number of hydrogen-bond acceptors (Lipinski definition) is 4. The number of benzene rings is 1. The Morgan fingerprint density at radius 1 is 1.14 bits per heavy atom. The summed E-state index contributed by atoms with van der Waals surface area (Å²) in [6.45, 7) is 7.45. The smallest absolute Gasteiger partial charge is 0.253 e. The first-order chi connectivity index (χ1) is 13.2. The average Bonchev–Trinajstić information content (AvgIpc) is 2.59. The third kappa shape index (κ3) is 5.45. The number of aryl methyl sites for hydroxylation is 1. The Morgan fingerprint density at radius 3 is 2.39 bits per heavy atom. The highest BCUT2D eigenvalue weighted by Gasteiger charge is 2.18. The highest BCUT2D eigenvalue weighted by molar-refractivity contribution is 5.96. The lowest BCUT2D eigenvalue weighted by atomic mass is 10.1. The van der Waals surface area contributed by atoms with Crippen molar-refractivity contribution >= 4 is 17.5 Å². The Bertz CT molecular complexity index is 914. The minimum absolute atomic E-state index is 0.0231. The molecule has 2 amide bonds. The third-order valence-corrected chi connectivity index (χ3v) is 4.42. The summed E-state index contributed by atoms with van der Waals surface area (Å²) in [7, 11) is 0. The van der Waals surface area contributed by atoms with Gasteiger partial charge in [-0.25, -0.2) is 0 Å². The summed E-state index contributed by atoms with van der Waals surface area (Å²) in [6.07, 6.45) is 0.667. The fraction of sp³-hybridized carbons (Fsp3) is 0.381. The summed E-state index contributed by atoms with van der Waals surface area (Å²) in [5.41, 5.74) is 8.64. The van der Waals surface area contributed by atoms with E-state index >= 15 is 0 Å². The summed E-state index contributed by atoms with van der Waals surface area (Å²) in [5.74, 6) is -0.526. The molecule has 0 spiro atoms. The summed E-state index contributed by atoms with van der Waals surface area (Å²) in [5, 5.41) is 5.65. The number of nitrogens with two attached hydrogens (primary N) is 1. The number of nitrogens with zero attached hydrogens (tertiary/aromatic N) is 1. The maximum atomic E-state index is 12.7. The molecule has 1 aromatic carbocycles. The molecule has 0 fully saturated rings. The number of carbonyl (C=O) groups excluding carboxylic acids is 2. The third-order valence-electron chi connectivity index (χ3n) is 4.42. The van der Waals surface area contributed by atoms with Crippen LogP contribution >= 0.6 is 0 Å². The van der Waals surface area contributed by atoms with Crippen LogP contribution in [0.25, 0.3) is 0 Å². The molecule has 4 N–H and O–H groups in total. The number of pyridine rings is 1. The molecule has 7 nitrogen and oxygen atoms in total. The van der Waals surface area contributed by atoms with Crippen LogP contribution in [0, 0.1) is 13.8 Å². The average molecular weight is 384 g/mol. The van der Waals surface area contributed by atoms with E-state index in [4.69, 9.17) is 5.73 Å². The molecule has 28 heavy (non-hydrogen) atoms. The van der Waals surface area contributed by atoms with Crippen molar-refractivity contribution in [3.8, 4) is 0 Å². The Labute approximate surface area is 164 Å². The van der Waals surface area contributed by atoms with E-state index in [-0.39, 0.29) is 30.0 Å². The second-order valence-corrected chi connectivity index (χ2v) is 7.18. The molecular formula is C21H28N4O3. The molecule has 0 unspecified atom stereocenters. The molecule has 2 rings (SSSR count).